The highest BCUT2D eigenvalue weighted by Gasteiger charge is 2.30. The average Bonchev–Trinajstić information content (AvgIpc) is 3.09. The van der Waals surface area contributed by atoms with Gasteiger partial charge in [-0.1, -0.05) is 12.1 Å². The molecule has 3 rings (SSSR count). The van der Waals surface area contributed by atoms with Crippen LogP contribution < -0.4 is 11.1 Å². The summed E-state index contributed by atoms with van der Waals surface area (Å²) in [5, 5.41) is 4.37. The molecule has 0 aliphatic carbocycles. The number of aromatic nitrogens is 1. The fourth-order valence-corrected chi connectivity index (χ4v) is 2.99. The molecule has 0 unspecified atom stereocenters. The van der Waals surface area contributed by atoms with Gasteiger partial charge in [0.1, 0.15) is 0 Å². The van der Waals surface area contributed by atoms with E-state index >= 15 is 0 Å². The largest absolute Gasteiger partial charge is 0.416 e. The van der Waals surface area contributed by atoms with E-state index in [1.807, 2.05) is 0 Å². The van der Waals surface area contributed by atoms with Crippen LogP contribution in [0.3, 0.4) is 0 Å². The Hall–Kier alpha value is -3.20. The van der Waals surface area contributed by atoms with Crippen molar-refractivity contribution in [1.29, 1.82) is 0 Å². The molecule has 2 amide bonds. The zero-order valence-corrected chi connectivity index (χ0v) is 14.4. The first-order valence-corrected chi connectivity index (χ1v) is 8.46. The Kier molecular flexibility index (Phi) is 4.95. The molecule has 3 N–H and O–H groups in total. The molecular weight excluding hydrogens is 379 g/mol. The number of hydrogen-bond acceptors (Lipinski definition) is 4. The van der Waals surface area contributed by atoms with Crippen LogP contribution in [-0.2, 0) is 6.18 Å². The number of nitrogens with two attached hydrogens (primary N) is 1. The van der Waals surface area contributed by atoms with Gasteiger partial charge in [-0.2, -0.15) is 13.2 Å². The molecule has 0 fully saturated rings. The summed E-state index contributed by atoms with van der Waals surface area (Å²) in [4.78, 5) is 27.4. The van der Waals surface area contributed by atoms with Crippen molar-refractivity contribution in [1.82, 2.24) is 4.98 Å². The molecule has 27 heavy (non-hydrogen) atoms. The summed E-state index contributed by atoms with van der Waals surface area (Å²) in [5.74, 6) is -1.07. The molecular formula is C18H12F3N3O2S. The van der Waals surface area contributed by atoms with Crippen LogP contribution in [0, 0.1) is 0 Å². The zero-order valence-electron chi connectivity index (χ0n) is 13.6. The molecule has 138 valence electrons. The molecule has 2 aromatic carbocycles. The third kappa shape index (κ3) is 4.32. The first-order chi connectivity index (χ1) is 12.7. The van der Waals surface area contributed by atoms with Crippen molar-refractivity contribution in [3.05, 3.63) is 70.6 Å². The second-order valence-electron chi connectivity index (χ2n) is 5.51. The number of thiazole rings is 1. The maximum Gasteiger partial charge on any atom is 0.416 e. The summed E-state index contributed by atoms with van der Waals surface area (Å²) in [6.45, 7) is 0. The van der Waals surface area contributed by atoms with Crippen LogP contribution in [0.1, 0.15) is 26.3 Å². The van der Waals surface area contributed by atoms with Crippen molar-refractivity contribution in [3.63, 3.8) is 0 Å². The van der Waals surface area contributed by atoms with Gasteiger partial charge in [0.05, 0.1) is 11.3 Å². The predicted octanol–water partition coefficient (Wildman–Crippen LogP) is 4.18. The van der Waals surface area contributed by atoms with Gasteiger partial charge < -0.3 is 5.73 Å². The van der Waals surface area contributed by atoms with E-state index in [4.69, 9.17) is 5.73 Å². The number of rotatable bonds is 4. The lowest BCUT2D eigenvalue weighted by Gasteiger charge is -2.07. The first kappa shape index (κ1) is 18.6. The van der Waals surface area contributed by atoms with Gasteiger partial charge in [-0.25, -0.2) is 4.98 Å². The average molecular weight is 391 g/mol. The number of anilines is 1. The quantitative estimate of drug-likeness (QED) is 0.700. The van der Waals surface area contributed by atoms with E-state index in [1.165, 1.54) is 36.4 Å². The van der Waals surface area contributed by atoms with Crippen LogP contribution in [0.25, 0.3) is 11.3 Å². The van der Waals surface area contributed by atoms with E-state index in [-0.39, 0.29) is 16.3 Å². The van der Waals surface area contributed by atoms with Crippen LogP contribution in [0.5, 0.6) is 0 Å². The molecule has 0 saturated carbocycles. The zero-order chi connectivity index (χ0) is 19.6. The van der Waals surface area contributed by atoms with Crippen molar-refractivity contribution in [2.45, 2.75) is 6.18 Å². The maximum absolute atomic E-state index is 12.8. The number of alkyl halides is 3. The van der Waals surface area contributed by atoms with E-state index in [0.717, 1.165) is 23.5 Å². The van der Waals surface area contributed by atoms with E-state index in [1.54, 1.807) is 5.38 Å². The van der Waals surface area contributed by atoms with E-state index in [0.29, 0.717) is 11.3 Å². The standard InChI is InChI=1S/C18H12F3N3O2S/c19-18(20,21)13-3-1-2-12(8-13)14-9-27-17(23-14)24-16(26)11-6-4-10(5-7-11)15(22)25/h1-9H,(H2,22,25)(H,23,24,26). The minimum absolute atomic E-state index is 0.242. The third-order valence-electron chi connectivity index (χ3n) is 3.64. The van der Waals surface area contributed by atoms with Gasteiger partial charge in [0.25, 0.3) is 5.91 Å². The van der Waals surface area contributed by atoms with Crippen LogP contribution in [0.15, 0.2) is 53.9 Å². The molecule has 0 radical (unpaired) electrons. The topological polar surface area (TPSA) is 85.1 Å². The maximum atomic E-state index is 12.8. The van der Waals surface area contributed by atoms with Gasteiger partial charge >= 0.3 is 6.18 Å². The van der Waals surface area contributed by atoms with Crippen molar-refractivity contribution >= 4 is 28.3 Å². The minimum Gasteiger partial charge on any atom is -0.366 e. The van der Waals surface area contributed by atoms with Crippen LogP contribution >= 0.6 is 11.3 Å². The Balaban J connectivity index is 1.76. The fourth-order valence-electron chi connectivity index (χ4n) is 2.27. The number of benzene rings is 2. The molecule has 0 aliphatic rings. The number of primary amides is 1. The van der Waals surface area contributed by atoms with Crippen LogP contribution in [0.4, 0.5) is 18.3 Å². The lowest BCUT2D eigenvalue weighted by molar-refractivity contribution is -0.137. The molecule has 0 bridgehead atoms. The van der Waals surface area contributed by atoms with Crippen molar-refractivity contribution in [3.8, 4) is 11.3 Å². The monoisotopic (exact) mass is 391 g/mol. The van der Waals surface area contributed by atoms with Crippen LogP contribution in [-0.4, -0.2) is 16.8 Å². The number of amides is 2. The SMILES string of the molecule is NC(=O)c1ccc(C(=O)Nc2nc(-c3cccc(C(F)(F)F)c3)cs2)cc1. The molecule has 1 aromatic heterocycles. The predicted molar refractivity (Wildman–Crippen MR) is 95.5 cm³/mol. The number of nitrogens with zero attached hydrogens (tertiary/aromatic N) is 1. The van der Waals surface area contributed by atoms with Gasteiger partial charge in [0.15, 0.2) is 5.13 Å². The molecule has 9 heteroatoms. The fraction of sp³-hybridized carbons (Fsp3) is 0.0556. The second kappa shape index (κ2) is 7.20. The number of nitrogens with one attached hydrogen (secondary N) is 1. The smallest absolute Gasteiger partial charge is 0.366 e. The Labute approximate surface area is 155 Å². The Morgan fingerprint density at radius 1 is 1.04 bits per heavy atom. The van der Waals surface area contributed by atoms with Gasteiger partial charge in [0.2, 0.25) is 5.91 Å². The Morgan fingerprint density at radius 2 is 1.70 bits per heavy atom. The van der Waals surface area contributed by atoms with E-state index in [2.05, 4.69) is 10.3 Å². The summed E-state index contributed by atoms with van der Waals surface area (Å²) >= 11 is 1.09. The summed E-state index contributed by atoms with van der Waals surface area (Å²) in [6.07, 6.45) is -4.44. The van der Waals surface area contributed by atoms with Gasteiger partial charge in [-0.05, 0) is 36.4 Å². The number of carbonyl (C=O) groups excluding carboxylic acids is 2. The molecule has 0 spiro atoms. The van der Waals surface area contributed by atoms with Crippen molar-refractivity contribution in [2.24, 2.45) is 5.73 Å². The highest BCUT2D eigenvalue weighted by atomic mass is 32.1. The Morgan fingerprint density at radius 3 is 2.33 bits per heavy atom. The Bertz CT molecular complexity index is 998. The molecule has 3 aromatic rings. The third-order valence-corrected chi connectivity index (χ3v) is 4.40. The summed E-state index contributed by atoms with van der Waals surface area (Å²) in [6, 6.07) is 10.5. The molecule has 1 heterocycles. The number of hydrogen-bond donors (Lipinski definition) is 2. The summed E-state index contributed by atoms with van der Waals surface area (Å²) in [7, 11) is 0. The van der Waals surface area contributed by atoms with E-state index in [9.17, 15) is 22.8 Å². The molecule has 0 saturated heterocycles. The highest BCUT2D eigenvalue weighted by molar-refractivity contribution is 7.14. The molecule has 5 nitrogen and oxygen atoms in total. The summed E-state index contributed by atoms with van der Waals surface area (Å²) in [5.41, 5.74) is 5.55. The van der Waals surface area contributed by atoms with Gasteiger partial charge in [0, 0.05) is 22.1 Å². The van der Waals surface area contributed by atoms with Gasteiger partial charge in [-0.3, -0.25) is 14.9 Å². The molecule has 0 atom stereocenters. The van der Waals surface area contributed by atoms with E-state index < -0.39 is 23.6 Å². The number of halogens is 3. The second-order valence-corrected chi connectivity index (χ2v) is 6.37. The summed E-state index contributed by atoms with van der Waals surface area (Å²) < 4.78 is 38.5. The molecule has 0 aliphatic heterocycles. The highest BCUT2D eigenvalue weighted by Crippen LogP contribution is 2.33. The van der Waals surface area contributed by atoms with Gasteiger partial charge in [-0.15, -0.1) is 11.3 Å². The van der Waals surface area contributed by atoms with Crippen molar-refractivity contribution in [2.75, 3.05) is 5.32 Å². The van der Waals surface area contributed by atoms with Crippen molar-refractivity contribution < 1.29 is 22.8 Å². The lowest BCUT2D eigenvalue weighted by atomic mass is 10.1. The first-order valence-electron chi connectivity index (χ1n) is 7.58. The van der Waals surface area contributed by atoms with Crippen LogP contribution in [0.2, 0.25) is 0 Å². The lowest BCUT2D eigenvalue weighted by Crippen LogP contribution is -2.14. The minimum atomic E-state index is -4.44. The number of carbonyl (C=O) groups is 2. The normalized spacial score (nSPS) is 11.2.